The summed E-state index contributed by atoms with van der Waals surface area (Å²) < 4.78 is 0. The third-order valence-corrected chi connectivity index (χ3v) is 2.98. The van der Waals surface area contributed by atoms with Gasteiger partial charge in [-0.05, 0) is 37.6 Å². The molecule has 1 aromatic carbocycles. The van der Waals surface area contributed by atoms with Crippen LogP contribution in [0.15, 0.2) is 30.3 Å². The maximum Gasteiger partial charge on any atom is 0.274 e. The first kappa shape index (κ1) is 15.3. The smallest absolute Gasteiger partial charge is 0.274 e. The van der Waals surface area contributed by atoms with Gasteiger partial charge in [-0.15, -0.1) is 0 Å². The topological polar surface area (TPSA) is 66.9 Å². The lowest BCUT2D eigenvalue weighted by Gasteiger charge is -2.08. The molecule has 21 heavy (non-hydrogen) atoms. The second kappa shape index (κ2) is 7.04. The lowest BCUT2D eigenvalue weighted by molar-refractivity contribution is 0.102. The van der Waals surface area contributed by atoms with Gasteiger partial charge in [0.1, 0.15) is 17.3 Å². The zero-order valence-electron chi connectivity index (χ0n) is 12.0. The number of nitrogens with one attached hydrogen (secondary N) is 2. The minimum atomic E-state index is -0.276. The van der Waals surface area contributed by atoms with Gasteiger partial charge in [-0.1, -0.05) is 18.5 Å². The van der Waals surface area contributed by atoms with E-state index in [1.165, 1.54) is 0 Å². The van der Waals surface area contributed by atoms with Gasteiger partial charge >= 0.3 is 0 Å². The third kappa shape index (κ3) is 4.43. The van der Waals surface area contributed by atoms with Gasteiger partial charge in [0.05, 0.1) is 0 Å². The van der Waals surface area contributed by atoms with Crippen molar-refractivity contribution in [2.45, 2.75) is 20.3 Å². The van der Waals surface area contributed by atoms with E-state index in [0.717, 1.165) is 13.0 Å². The number of carbonyl (C=O) groups is 1. The molecule has 2 N–H and O–H groups in total. The number of aromatic nitrogens is 2. The first-order valence-electron chi connectivity index (χ1n) is 6.75. The molecule has 0 spiro atoms. The number of hydrogen-bond acceptors (Lipinski definition) is 4. The highest BCUT2D eigenvalue weighted by molar-refractivity contribution is 6.30. The van der Waals surface area contributed by atoms with E-state index in [0.29, 0.717) is 28.0 Å². The van der Waals surface area contributed by atoms with E-state index < -0.39 is 0 Å². The average Bonchev–Trinajstić information content (AvgIpc) is 2.47. The molecule has 5 nitrogen and oxygen atoms in total. The Morgan fingerprint density at radius 2 is 1.95 bits per heavy atom. The number of rotatable bonds is 5. The highest BCUT2D eigenvalue weighted by atomic mass is 35.5. The van der Waals surface area contributed by atoms with Crippen LogP contribution in [0.25, 0.3) is 0 Å². The number of halogens is 1. The van der Waals surface area contributed by atoms with Crippen molar-refractivity contribution in [1.29, 1.82) is 0 Å². The van der Waals surface area contributed by atoms with Crippen LogP contribution < -0.4 is 10.6 Å². The minimum Gasteiger partial charge on any atom is -0.370 e. The predicted octanol–water partition coefficient (Wildman–Crippen LogP) is 3.51. The molecule has 0 aliphatic rings. The molecule has 110 valence electrons. The van der Waals surface area contributed by atoms with Gasteiger partial charge in [-0.2, -0.15) is 0 Å². The molecule has 2 rings (SSSR count). The Morgan fingerprint density at radius 1 is 1.24 bits per heavy atom. The molecule has 0 bridgehead atoms. The fraction of sp³-hybridized carbons (Fsp3) is 0.267. The third-order valence-electron chi connectivity index (χ3n) is 2.73. The molecule has 1 amide bonds. The quantitative estimate of drug-likeness (QED) is 0.887. The van der Waals surface area contributed by atoms with Gasteiger partial charge in [0.2, 0.25) is 0 Å². The summed E-state index contributed by atoms with van der Waals surface area (Å²) in [6.45, 7) is 4.63. The zero-order chi connectivity index (χ0) is 15.2. The van der Waals surface area contributed by atoms with Crippen molar-refractivity contribution in [2.24, 2.45) is 0 Å². The maximum absolute atomic E-state index is 12.2. The lowest BCUT2D eigenvalue weighted by atomic mass is 10.3. The standard InChI is InChI=1S/C15H17ClN4O/c1-3-8-17-14-9-13(18-10(2)19-14)15(21)20-12-6-4-11(16)5-7-12/h4-7,9H,3,8H2,1-2H3,(H,20,21)(H,17,18,19). The fourth-order valence-corrected chi connectivity index (χ4v) is 1.88. The molecule has 0 saturated heterocycles. The van der Waals surface area contributed by atoms with Crippen LogP contribution in [0.4, 0.5) is 11.5 Å². The van der Waals surface area contributed by atoms with E-state index in [-0.39, 0.29) is 5.91 Å². The fourth-order valence-electron chi connectivity index (χ4n) is 1.76. The first-order valence-corrected chi connectivity index (χ1v) is 7.12. The van der Waals surface area contributed by atoms with E-state index in [1.54, 1.807) is 37.3 Å². The van der Waals surface area contributed by atoms with Crippen molar-refractivity contribution in [2.75, 3.05) is 17.2 Å². The summed E-state index contributed by atoms with van der Waals surface area (Å²) in [7, 11) is 0. The van der Waals surface area contributed by atoms with Crippen LogP contribution in [0.5, 0.6) is 0 Å². The second-order valence-electron chi connectivity index (χ2n) is 4.57. The van der Waals surface area contributed by atoms with Crippen molar-refractivity contribution in [1.82, 2.24) is 9.97 Å². The Bertz CT molecular complexity index is 628. The number of carbonyl (C=O) groups excluding carboxylic acids is 1. The summed E-state index contributed by atoms with van der Waals surface area (Å²) in [6.07, 6.45) is 0.982. The van der Waals surface area contributed by atoms with Gasteiger partial charge in [0, 0.05) is 23.3 Å². The molecule has 1 aromatic heterocycles. The molecule has 6 heteroatoms. The molecule has 0 aliphatic carbocycles. The molecule has 0 atom stereocenters. The summed E-state index contributed by atoms with van der Waals surface area (Å²) in [5.74, 6) is 0.935. The molecule has 0 radical (unpaired) electrons. The largest absolute Gasteiger partial charge is 0.370 e. The van der Waals surface area contributed by atoms with Gasteiger partial charge in [0.25, 0.3) is 5.91 Å². The zero-order valence-corrected chi connectivity index (χ0v) is 12.7. The van der Waals surface area contributed by atoms with Crippen molar-refractivity contribution in [3.8, 4) is 0 Å². The second-order valence-corrected chi connectivity index (χ2v) is 5.01. The summed E-state index contributed by atoms with van der Waals surface area (Å²) in [6, 6.07) is 8.57. The molecule has 0 fully saturated rings. The van der Waals surface area contributed by atoms with Crippen LogP contribution in [0.1, 0.15) is 29.7 Å². The number of anilines is 2. The number of hydrogen-bond donors (Lipinski definition) is 2. The minimum absolute atomic E-state index is 0.276. The summed E-state index contributed by atoms with van der Waals surface area (Å²) in [5.41, 5.74) is 1.000. The molecular weight excluding hydrogens is 288 g/mol. The molecule has 0 aliphatic heterocycles. The molecule has 2 aromatic rings. The number of nitrogens with zero attached hydrogens (tertiary/aromatic N) is 2. The summed E-state index contributed by atoms with van der Waals surface area (Å²) in [4.78, 5) is 20.6. The SMILES string of the molecule is CCCNc1cc(C(=O)Nc2ccc(Cl)cc2)nc(C)n1. The maximum atomic E-state index is 12.2. The van der Waals surface area contributed by atoms with Crippen molar-refractivity contribution in [3.05, 3.63) is 46.9 Å². The van der Waals surface area contributed by atoms with Gasteiger partial charge < -0.3 is 10.6 Å². The van der Waals surface area contributed by atoms with Gasteiger partial charge in [-0.25, -0.2) is 9.97 Å². The Kier molecular flexibility index (Phi) is 5.11. The average molecular weight is 305 g/mol. The summed E-state index contributed by atoms with van der Waals surface area (Å²) in [5, 5.41) is 6.56. The van der Waals surface area contributed by atoms with Crippen molar-refractivity contribution in [3.63, 3.8) is 0 Å². The van der Waals surface area contributed by atoms with Gasteiger partial charge in [-0.3, -0.25) is 4.79 Å². The predicted molar refractivity (Wildman–Crippen MR) is 85.0 cm³/mol. The molecule has 1 heterocycles. The summed E-state index contributed by atoms with van der Waals surface area (Å²) >= 11 is 5.81. The van der Waals surface area contributed by atoms with Crippen LogP contribution in [0.3, 0.4) is 0 Å². The molecule has 0 saturated carbocycles. The van der Waals surface area contributed by atoms with Crippen molar-refractivity contribution >= 4 is 29.0 Å². The van der Waals surface area contributed by atoms with E-state index >= 15 is 0 Å². The highest BCUT2D eigenvalue weighted by Crippen LogP contribution is 2.15. The normalized spacial score (nSPS) is 10.2. The van der Waals surface area contributed by atoms with E-state index in [1.807, 2.05) is 0 Å². The van der Waals surface area contributed by atoms with Gasteiger partial charge in [0.15, 0.2) is 0 Å². The van der Waals surface area contributed by atoms with Crippen molar-refractivity contribution < 1.29 is 4.79 Å². The Labute approximate surface area is 128 Å². The van der Waals surface area contributed by atoms with Crippen LogP contribution >= 0.6 is 11.6 Å². The molecular formula is C15H17ClN4O. The van der Waals surface area contributed by atoms with Crippen LogP contribution in [-0.2, 0) is 0 Å². The lowest BCUT2D eigenvalue weighted by Crippen LogP contribution is -2.16. The van der Waals surface area contributed by atoms with Crippen LogP contribution in [-0.4, -0.2) is 22.4 Å². The Morgan fingerprint density at radius 3 is 2.62 bits per heavy atom. The number of amides is 1. The molecule has 0 unspecified atom stereocenters. The number of benzene rings is 1. The monoisotopic (exact) mass is 304 g/mol. The number of aryl methyl sites for hydroxylation is 1. The van der Waals surface area contributed by atoms with E-state index in [4.69, 9.17) is 11.6 Å². The van der Waals surface area contributed by atoms with Crippen LogP contribution in [0, 0.1) is 6.92 Å². The first-order chi connectivity index (χ1) is 10.1. The van der Waals surface area contributed by atoms with Crippen LogP contribution in [0.2, 0.25) is 5.02 Å². The highest BCUT2D eigenvalue weighted by Gasteiger charge is 2.10. The Balaban J connectivity index is 2.14. The Hall–Kier alpha value is -2.14. The van der Waals surface area contributed by atoms with E-state index in [2.05, 4.69) is 27.5 Å². The van der Waals surface area contributed by atoms with E-state index in [9.17, 15) is 4.79 Å².